The summed E-state index contributed by atoms with van der Waals surface area (Å²) in [5, 5.41) is 8.75. The van der Waals surface area contributed by atoms with Gasteiger partial charge in [-0.2, -0.15) is 0 Å². The number of aliphatic hydroxyl groups is 1. The van der Waals surface area contributed by atoms with Gasteiger partial charge in [0.05, 0.1) is 0 Å². The number of likely N-dealkylation sites (tertiary alicyclic amines) is 1. The fourth-order valence-electron chi connectivity index (χ4n) is 2.89. The highest BCUT2D eigenvalue weighted by Crippen LogP contribution is 2.24. The van der Waals surface area contributed by atoms with E-state index in [0.29, 0.717) is 12.1 Å². The van der Waals surface area contributed by atoms with E-state index >= 15 is 0 Å². The first-order valence-corrected chi connectivity index (χ1v) is 7.15. The molecule has 0 unspecified atom stereocenters. The number of hydrogen-bond acceptors (Lipinski definition) is 2. The summed E-state index contributed by atoms with van der Waals surface area (Å²) in [5.74, 6) is 5.68. The number of benzene rings is 1. The highest BCUT2D eigenvalue weighted by atomic mass is 16.2. The van der Waals surface area contributed by atoms with Gasteiger partial charge in [0.25, 0.3) is 0 Å². The SMILES string of the molecule is C[C@@H]1CCC[C@H](C)N1Cc1cccc(C#CCO)c1. The van der Waals surface area contributed by atoms with E-state index in [-0.39, 0.29) is 6.61 Å². The molecule has 1 aromatic carbocycles. The van der Waals surface area contributed by atoms with Gasteiger partial charge in [-0.1, -0.05) is 30.4 Å². The Balaban J connectivity index is 2.09. The smallest absolute Gasteiger partial charge is 0.104 e. The van der Waals surface area contributed by atoms with Crippen molar-refractivity contribution in [1.82, 2.24) is 4.90 Å². The lowest BCUT2D eigenvalue weighted by Crippen LogP contribution is -2.42. The van der Waals surface area contributed by atoms with Crippen LogP contribution < -0.4 is 0 Å². The molecule has 2 heteroatoms. The lowest BCUT2D eigenvalue weighted by molar-refractivity contribution is 0.0953. The first kappa shape index (κ1) is 14.1. The van der Waals surface area contributed by atoms with Gasteiger partial charge in [0.15, 0.2) is 0 Å². The molecule has 19 heavy (non-hydrogen) atoms. The van der Waals surface area contributed by atoms with Gasteiger partial charge in [-0.15, -0.1) is 0 Å². The molecule has 1 saturated heterocycles. The number of piperidine rings is 1. The molecule has 0 spiro atoms. The van der Waals surface area contributed by atoms with Gasteiger partial charge in [0.2, 0.25) is 0 Å². The van der Waals surface area contributed by atoms with Crippen LogP contribution in [0, 0.1) is 11.8 Å². The van der Waals surface area contributed by atoms with Crippen LogP contribution in [0.4, 0.5) is 0 Å². The van der Waals surface area contributed by atoms with Crippen LogP contribution in [-0.2, 0) is 6.54 Å². The molecule has 0 bridgehead atoms. The van der Waals surface area contributed by atoms with Crippen LogP contribution in [0.25, 0.3) is 0 Å². The average molecular weight is 257 g/mol. The summed E-state index contributed by atoms with van der Waals surface area (Å²) in [7, 11) is 0. The normalized spacial score (nSPS) is 23.7. The molecular weight excluding hydrogens is 234 g/mol. The van der Waals surface area contributed by atoms with E-state index in [1.165, 1.54) is 24.8 Å². The van der Waals surface area contributed by atoms with Crippen molar-refractivity contribution in [3.05, 3.63) is 35.4 Å². The van der Waals surface area contributed by atoms with E-state index in [0.717, 1.165) is 12.1 Å². The maximum absolute atomic E-state index is 8.75. The molecule has 0 aromatic heterocycles. The Morgan fingerprint density at radius 3 is 2.68 bits per heavy atom. The van der Waals surface area contributed by atoms with Gasteiger partial charge in [-0.05, 0) is 44.4 Å². The molecule has 1 N–H and O–H groups in total. The van der Waals surface area contributed by atoms with Crippen molar-refractivity contribution in [3.63, 3.8) is 0 Å². The monoisotopic (exact) mass is 257 g/mol. The lowest BCUT2D eigenvalue weighted by atomic mass is 9.96. The minimum Gasteiger partial charge on any atom is -0.384 e. The first-order valence-electron chi connectivity index (χ1n) is 7.15. The topological polar surface area (TPSA) is 23.5 Å². The summed E-state index contributed by atoms with van der Waals surface area (Å²) in [6.45, 7) is 5.57. The van der Waals surface area contributed by atoms with Crippen LogP contribution in [-0.4, -0.2) is 28.7 Å². The number of aliphatic hydroxyl groups excluding tert-OH is 1. The van der Waals surface area contributed by atoms with Crippen molar-refractivity contribution in [2.24, 2.45) is 0 Å². The molecule has 0 amide bonds. The fourth-order valence-corrected chi connectivity index (χ4v) is 2.89. The molecule has 0 aliphatic carbocycles. The molecule has 1 aromatic rings. The molecule has 0 saturated carbocycles. The molecule has 2 rings (SSSR count). The summed E-state index contributed by atoms with van der Waals surface area (Å²) in [5.41, 5.74) is 2.30. The molecule has 2 atom stereocenters. The van der Waals surface area contributed by atoms with Crippen LogP contribution in [0.5, 0.6) is 0 Å². The maximum atomic E-state index is 8.75. The van der Waals surface area contributed by atoms with Crippen molar-refractivity contribution in [2.45, 2.75) is 51.7 Å². The van der Waals surface area contributed by atoms with Crippen LogP contribution in [0.1, 0.15) is 44.2 Å². The van der Waals surface area contributed by atoms with E-state index in [1.807, 2.05) is 6.07 Å². The number of nitrogens with zero attached hydrogens (tertiary/aromatic N) is 1. The zero-order valence-corrected chi connectivity index (χ0v) is 11.9. The van der Waals surface area contributed by atoms with E-state index in [1.54, 1.807) is 0 Å². The van der Waals surface area contributed by atoms with Crippen molar-refractivity contribution in [1.29, 1.82) is 0 Å². The largest absolute Gasteiger partial charge is 0.384 e. The molecule has 0 radical (unpaired) electrons. The number of rotatable bonds is 2. The van der Waals surface area contributed by atoms with E-state index in [2.05, 4.69) is 48.8 Å². The van der Waals surface area contributed by atoms with Gasteiger partial charge in [0, 0.05) is 24.2 Å². The van der Waals surface area contributed by atoms with Gasteiger partial charge < -0.3 is 5.11 Å². The van der Waals surface area contributed by atoms with Crippen molar-refractivity contribution < 1.29 is 5.11 Å². The Bertz CT molecular complexity index is 462. The second kappa shape index (κ2) is 6.75. The first-order chi connectivity index (χ1) is 9.20. The van der Waals surface area contributed by atoms with E-state index in [9.17, 15) is 0 Å². The lowest BCUT2D eigenvalue weighted by Gasteiger charge is -2.39. The minimum absolute atomic E-state index is 0.0789. The van der Waals surface area contributed by atoms with Crippen molar-refractivity contribution in [2.75, 3.05) is 6.61 Å². The Morgan fingerprint density at radius 1 is 1.26 bits per heavy atom. The molecule has 102 valence electrons. The van der Waals surface area contributed by atoms with Gasteiger partial charge in [-0.3, -0.25) is 4.90 Å². The Kier molecular flexibility index (Phi) is 5.01. The van der Waals surface area contributed by atoms with Crippen LogP contribution in [0.15, 0.2) is 24.3 Å². The average Bonchev–Trinajstić information content (AvgIpc) is 2.41. The second-order valence-corrected chi connectivity index (χ2v) is 5.46. The highest BCUT2D eigenvalue weighted by Gasteiger charge is 2.24. The van der Waals surface area contributed by atoms with Crippen molar-refractivity contribution in [3.8, 4) is 11.8 Å². The summed E-state index contributed by atoms with van der Waals surface area (Å²) in [6.07, 6.45) is 3.95. The van der Waals surface area contributed by atoms with Crippen LogP contribution >= 0.6 is 0 Å². The molecule has 1 aliphatic rings. The van der Waals surface area contributed by atoms with E-state index < -0.39 is 0 Å². The quantitative estimate of drug-likeness (QED) is 0.824. The van der Waals surface area contributed by atoms with Gasteiger partial charge in [0.1, 0.15) is 6.61 Å². The molecule has 2 nitrogen and oxygen atoms in total. The fraction of sp³-hybridized carbons (Fsp3) is 0.529. The predicted octanol–water partition coefficient (Wildman–Crippen LogP) is 2.79. The third-order valence-corrected chi connectivity index (χ3v) is 3.98. The Labute approximate surface area is 116 Å². The minimum atomic E-state index is -0.0789. The third-order valence-electron chi connectivity index (χ3n) is 3.98. The molecule has 1 fully saturated rings. The van der Waals surface area contributed by atoms with Gasteiger partial charge >= 0.3 is 0 Å². The van der Waals surface area contributed by atoms with Crippen molar-refractivity contribution >= 4 is 0 Å². The van der Waals surface area contributed by atoms with Crippen LogP contribution in [0.2, 0.25) is 0 Å². The molecule has 1 aliphatic heterocycles. The Morgan fingerprint density at radius 2 is 2.00 bits per heavy atom. The second-order valence-electron chi connectivity index (χ2n) is 5.46. The number of hydrogen-bond donors (Lipinski definition) is 1. The summed E-state index contributed by atoms with van der Waals surface area (Å²) >= 11 is 0. The highest BCUT2D eigenvalue weighted by molar-refractivity contribution is 5.37. The molecular formula is C17H23NO. The summed E-state index contributed by atoms with van der Waals surface area (Å²) in [6, 6.07) is 9.67. The predicted molar refractivity (Wildman–Crippen MR) is 78.7 cm³/mol. The standard InChI is InChI=1S/C17H23NO/c1-14-6-3-7-15(2)18(14)13-17-9-4-8-16(12-17)10-5-11-19/h4,8-9,12,14-15,19H,3,6-7,11,13H2,1-2H3/t14-,15+. The Hall–Kier alpha value is -1.30. The zero-order valence-electron chi connectivity index (χ0n) is 11.9. The maximum Gasteiger partial charge on any atom is 0.104 e. The molecule has 1 heterocycles. The summed E-state index contributed by atoms with van der Waals surface area (Å²) in [4.78, 5) is 2.59. The third kappa shape index (κ3) is 3.83. The zero-order chi connectivity index (χ0) is 13.7. The van der Waals surface area contributed by atoms with E-state index in [4.69, 9.17) is 5.11 Å². The van der Waals surface area contributed by atoms with Crippen LogP contribution in [0.3, 0.4) is 0 Å². The summed E-state index contributed by atoms with van der Waals surface area (Å²) < 4.78 is 0. The van der Waals surface area contributed by atoms with Gasteiger partial charge in [-0.25, -0.2) is 0 Å².